The van der Waals surface area contributed by atoms with Gasteiger partial charge >= 0.3 is 0 Å². The number of fused-ring (bicyclic) bond motifs is 1. The molecule has 0 heterocycles. The Morgan fingerprint density at radius 3 is 2.15 bits per heavy atom. The molecule has 0 heteroatoms. The van der Waals surface area contributed by atoms with Crippen molar-refractivity contribution in [1.82, 2.24) is 0 Å². The van der Waals surface area contributed by atoms with Crippen LogP contribution in [0.3, 0.4) is 0 Å². The van der Waals surface area contributed by atoms with E-state index in [1.807, 2.05) is 0 Å². The summed E-state index contributed by atoms with van der Waals surface area (Å²) in [5, 5.41) is 0. The third kappa shape index (κ3) is 3.10. The number of rotatable bonds is 0. The highest BCUT2D eigenvalue weighted by atomic mass is 14.5. The SMILES string of the molecule is CC1=CCC(=C(C)C)CC1.CC1=CCC2CC1C2(C)C. The molecule has 0 aromatic rings. The van der Waals surface area contributed by atoms with E-state index in [-0.39, 0.29) is 0 Å². The van der Waals surface area contributed by atoms with E-state index in [1.54, 1.807) is 16.7 Å². The van der Waals surface area contributed by atoms with Gasteiger partial charge in [0.2, 0.25) is 0 Å². The van der Waals surface area contributed by atoms with Crippen LogP contribution in [0.15, 0.2) is 34.4 Å². The molecule has 0 amide bonds. The Morgan fingerprint density at radius 1 is 1.10 bits per heavy atom. The molecule has 4 aliphatic rings. The maximum atomic E-state index is 2.43. The van der Waals surface area contributed by atoms with Crippen LogP contribution in [-0.4, -0.2) is 0 Å². The summed E-state index contributed by atoms with van der Waals surface area (Å²) >= 11 is 0. The van der Waals surface area contributed by atoms with Gasteiger partial charge in [-0.15, -0.1) is 0 Å². The minimum Gasteiger partial charge on any atom is -0.0850 e. The molecule has 2 atom stereocenters. The molecular weight excluding hydrogens is 240 g/mol. The Kier molecular flexibility index (Phi) is 4.62. The van der Waals surface area contributed by atoms with Gasteiger partial charge in [0.25, 0.3) is 0 Å². The second-order valence-electron chi connectivity index (χ2n) is 7.85. The Hall–Kier alpha value is -0.780. The van der Waals surface area contributed by atoms with Crippen molar-refractivity contribution in [2.75, 3.05) is 0 Å². The van der Waals surface area contributed by atoms with Crippen molar-refractivity contribution >= 4 is 0 Å². The molecule has 1 saturated carbocycles. The highest BCUT2D eigenvalue weighted by Gasteiger charge is 2.49. The van der Waals surface area contributed by atoms with Crippen molar-refractivity contribution < 1.29 is 0 Å². The second-order valence-corrected chi connectivity index (χ2v) is 7.85. The molecule has 0 spiro atoms. The summed E-state index contributed by atoms with van der Waals surface area (Å²) in [4.78, 5) is 0. The van der Waals surface area contributed by atoms with E-state index < -0.39 is 0 Å². The van der Waals surface area contributed by atoms with Gasteiger partial charge in [-0.05, 0) is 77.0 Å². The predicted octanol–water partition coefficient (Wildman–Crippen LogP) is 6.45. The molecule has 0 saturated heterocycles. The average molecular weight is 272 g/mol. The first kappa shape index (κ1) is 15.6. The first-order valence-electron chi connectivity index (χ1n) is 8.30. The minimum atomic E-state index is 0.638. The van der Waals surface area contributed by atoms with Gasteiger partial charge in [0.1, 0.15) is 0 Å². The molecule has 0 aliphatic heterocycles. The van der Waals surface area contributed by atoms with Crippen LogP contribution in [-0.2, 0) is 0 Å². The zero-order chi connectivity index (χ0) is 14.9. The van der Waals surface area contributed by atoms with Crippen LogP contribution in [0.2, 0.25) is 0 Å². The van der Waals surface area contributed by atoms with E-state index in [1.165, 1.54) is 37.7 Å². The van der Waals surface area contributed by atoms with E-state index in [0.717, 1.165) is 11.8 Å². The maximum absolute atomic E-state index is 2.43. The van der Waals surface area contributed by atoms with Crippen LogP contribution in [0.25, 0.3) is 0 Å². The van der Waals surface area contributed by atoms with Gasteiger partial charge in [-0.3, -0.25) is 0 Å². The summed E-state index contributed by atoms with van der Waals surface area (Å²) in [5.41, 5.74) is 7.01. The zero-order valence-electron chi connectivity index (χ0n) is 14.3. The highest BCUT2D eigenvalue weighted by Crippen LogP contribution is 2.58. The predicted molar refractivity (Wildman–Crippen MR) is 89.7 cm³/mol. The van der Waals surface area contributed by atoms with E-state index >= 15 is 0 Å². The first-order valence-corrected chi connectivity index (χ1v) is 8.30. The molecule has 2 unspecified atom stereocenters. The van der Waals surface area contributed by atoms with Crippen molar-refractivity contribution in [1.29, 1.82) is 0 Å². The summed E-state index contributed by atoms with van der Waals surface area (Å²) in [6.07, 6.45) is 11.4. The maximum Gasteiger partial charge on any atom is -0.0134 e. The lowest BCUT2D eigenvalue weighted by molar-refractivity contribution is -0.00579. The molecule has 20 heavy (non-hydrogen) atoms. The van der Waals surface area contributed by atoms with Crippen molar-refractivity contribution in [3.8, 4) is 0 Å². The molecule has 1 fully saturated rings. The smallest absolute Gasteiger partial charge is 0.0134 e. The van der Waals surface area contributed by atoms with Crippen molar-refractivity contribution in [3.63, 3.8) is 0 Å². The van der Waals surface area contributed by atoms with Gasteiger partial charge in [-0.2, -0.15) is 0 Å². The Balaban J connectivity index is 0.000000147. The number of hydrogen-bond donors (Lipinski definition) is 0. The fourth-order valence-corrected chi connectivity index (χ4v) is 3.96. The van der Waals surface area contributed by atoms with E-state index in [9.17, 15) is 0 Å². The number of allylic oxidation sites excluding steroid dienone is 6. The van der Waals surface area contributed by atoms with Crippen LogP contribution in [0, 0.1) is 17.3 Å². The lowest BCUT2D eigenvalue weighted by atomic mass is 9.49. The standard InChI is InChI=1S/2C10H16/c1-7-4-5-8-6-9(7)10(8,2)3;1-8(2)10-6-4-9(3)5-7-10/h4,8-9H,5-6H2,1-3H3;4H,5-7H2,1-3H3. The summed E-state index contributed by atoms with van der Waals surface area (Å²) in [5.74, 6) is 1.92. The zero-order valence-corrected chi connectivity index (χ0v) is 14.3. The highest BCUT2D eigenvalue weighted by molar-refractivity contribution is 5.21. The van der Waals surface area contributed by atoms with Gasteiger partial charge in [-0.1, -0.05) is 48.3 Å². The topological polar surface area (TPSA) is 0 Å². The average Bonchev–Trinajstić information content (AvgIpc) is 2.39. The molecule has 0 aromatic heterocycles. The van der Waals surface area contributed by atoms with E-state index in [0.29, 0.717) is 5.41 Å². The summed E-state index contributed by atoms with van der Waals surface area (Å²) in [6.45, 7) is 13.8. The van der Waals surface area contributed by atoms with Gasteiger partial charge in [0.15, 0.2) is 0 Å². The third-order valence-corrected chi connectivity index (χ3v) is 5.97. The monoisotopic (exact) mass is 272 g/mol. The molecule has 0 nitrogen and oxygen atoms in total. The molecule has 0 N–H and O–H groups in total. The molecule has 0 aromatic carbocycles. The number of hydrogen-bond acceptors (Lipinski definition) is 0. The second kappa shape index (κ2) is 5.92. The van der Waals surface area contributed by atoms with Crippen molar-refractivity contribution in [3.05, 3.63) is 34.4 Å². The third-order valence-electron chi connectivity index (χ3n) is 5.97. The lowest BCUT2D eigenvalue weighted by Crippen LogP contribution is -2.47. The summed E-state index contributed by atoms with van der Waals surface area (Å²) in [6, 6.07) is 0. The summed E-state index contributed by atoms with van der Waals surface area (Å²) in [7, 11) is 0. The summed E-state index contributed by atoms with van der Waals surface area (Å²) < 4.78 is 0. The Morgan fingerprint density at radius 2 is 1.80 bits per heavy atom. The van der Waals surface area contributed by atoms with Crippen LogP contribution in [0.4, 0.5) is 0 Å². The first-order chi connectivity index (χ1) is 9.32. The molecular formula is C20H32. The minimum absolute atomic E-state index is 0.638. The largest absolute Gasteiger partial charge is 0.0850 e. The normalized spacial score (nSPS) is 30.4. The molecule has 0 radical (unpaired) electrons. The fraction of sp³-hybridized carbons (Fsp3) is 0.700. The fourth-order valence-electron chi connectivity index (χ4n) is 3.96. The van der Waals surface area contributed by atoms with Gasteiger partial charge in [-0.25, -0.2) is 0 Å². The van der Waals surface area contributed by atoms with Gasteiger partial charge in [0.05, 0.1) is 0 Å². The Bertz CT molecular complexity index is 452. The van der Waals surface area contributed by atoms with E-state index in [4.69, 9.17) is 0 Å². The van der Waals surface area contributed by atoms with Crippen LogP contribution < -0.4 is 0 Å². The molecule has 2 bridgehead atoms. The molecule has 4 aliphatic carbocycles. The van der Waals surface area contributed by atoms with Gasteiger partial charge < -0.3 is 0 Å². The van der Waals surface area contributed by atoms with Crippen LogP contribution >= 0.6 is 0 Å². The Labute approximate surface area is 126 Å². The van der Waals surface area contributed by atoms with Crippen LogP contribution in [0.5, 0.6) is 0 Å². The van der Waals surface area contributed by atoms with Crippen LogP contribution in [0.1, 0.15) is 73.6 Å². The molecule has 112 valence electrons. The lowest BCUT2D eigenvalue weighted by Gasteiger charge is -2.56. The quantitative estimate of drug-likeness (QED) is 0.444. The molecule has 4 rings (SSSR count). The van der Waals surface area contributed by atoms with Gasteiger partial charge in [0, 0.05) is 0 Å². The van der Waals surface area contributed by atoms with Crippen molar-refractivity contribution in [2.45, 2.75) is 73.6 Å². The van der Waals surface area contributed by atoms with E-state index in [2.05, 4.69) is 53.7 Å². The van der Waals surface area contributed by atoms with Crippen molar-refractivity contribution in [2.24, 2.45) is 17.3 Å².